The summed E-state index contributed by atoms with van der Waals surface area (Å²) in [4.78, 5) is 0. The van der Waals surface area contributed by atoms with Crippen molar-refractivity contribution in [1.29, 1.82) is 0 Å². The molecule has 1 aliphatic rings. The number of hydrogen-bond acceptors (Lipinski definition) is 2. The summed E-state index contributed by atoms with van der Waals surface area (Å²) in [7, 11) is 0. The average Bonchev–Trinajstić information content (AvgIpc) is 2.63. The van der Waals surface area contributed by atoms with Crippen LogP contribution in [-0.4, -0.2) is 10.2 Å². The molecule has 0 aliphatic heterocycles. The van der Waals surface area contributed by atoms with Gasteiger partial charge in [-0.2, -0.15) is 0 Å². The highest BCUT2D eigenvalue weighted by molar-refractivity contribution is 5.45. The van der Waals surface area contributed by atoms with E-state index in [1.807, 2.05) is 25.1 Å². The van der Waals surface area contributed by atoms with E-state index in [-0.39, 0.29) is 5.41 Å². The maximum Gasteiger partial charge on any atom is 0.118 e. The Morgan fingerprint density at radius 1 is 1.04 bits per heavy atom. The Kier molecular flexibility index (Phi) is 5.79. The molecular weight excluding hydrogens is 344 g/mol. The number of aryl methyl sites for hydroxylation is 1. The third-order valence-corrected chi connectivity index (χ3v) is 7.46. The summed E-state index contributed by atoms with van der Waals surface area (Å²) in [5, 5.41) is 19.8. The Morgan fingerprint density at radius 2 is 1.68 bits per heavy atom. The molecule has 28 heavy (non-hydrogen) atoms. The molecule has 2 nitrogen and oxygen atoms in total. The van der Waals surface area contributed by atoms with Gasteiger partial charge in [0, 0.05) is 5.41 Å². The molecule has 3 atom stereocenters. The number of hydrogen-bond donors (Lipinski definition) is 2. The summed E-state index contributed by atoms with van der Waals surface area (Å²) in [5.74, 6) is 2.12. The van der Waals surface area contributed by atoms with Crippen LogP contribution >= 0.6 is 0 Å². The second-order valence-corrected chi connectivity index (χ2v) is 9.88. The summed E-state index contributed by atoms with van der Waals surface area (Å²) in [6, 6.07) is 13.7. The summed E-state index contributed by atoms with van der Waals surface area (Å²) >= 11 is 0. The van der Waals surface area contributed by atoms with Gasteiger partial charge in [-0.25, -0.2) is 0 Å². The van der Waals surface area contributed by atoms with Crippen LogP contribution in [0.15, 0.2) is 42.5 Å². The summed E-state index contributed by atoms with van der Waals surface area (Å²) < 4.78 is 0. The van der Waals surface area contributed by atoms with Gasteiger partial charge < -0.3 is 10.2 Å². The minimum Gasteiger partial charge on any atom is -0.508 e. The molecule has 1 saturated carbocycles. The maximum absolute atomic E-state index is 10.0. The van der Waals surface area contributed by atoms with Crippen LogP contribution in [-0.2, 0) is 5.41 Å². The highest BCUT2D eigenvalue weighted by Crippen LogP contribution is 2.49. The first-order valence-electron chi connectivity index (χ1n) is 10.7. The fourth-order valence-electron chi connectivity index (χ4n) is 5.44. The zero-order valence-corrected chi connectivity index (χ0v) is 18.1. The maximum atomic E-state index is 10.0. The van der Waals surface area contributed by atoms with Crippen LogP contribution in [0.3, 0.4) is 0 Å². The molecule has 1 aliphatic carbocycles. The monoisotopic (exact) mass is 380 g/mol. The summed E-state index contributed by atoms with van der Waals surface area (Å²) in [6.07, 6.45) is 6.24. The topological polar surface area (TPSA) is 40.5 Å². The number of rotatable bonds is 5. The molecule has 0 aromatic heterocycles. The second-order valence-electron chi connectivity index (χ2n) is 9.88. The van der Waals surface area contributed by atoms with Crippen LogP contribution in [0.4, 0.5) is 0 Å². The van der Waals surface area contributed by atoms with Crippen LogP contribution in [0.1, 0.15) is 76.5 Å². The first-order valence-corrected chi connectivity index (χ1v) is 10.7. The molecule has 2 heteroatoms. The van der Waals surface area contributed by atoms with Gasteiger partial charge in [-0.15, -0.1) is 0 Å². The van der Waals surface area contributed by atoms with Crippen LogP contribution < -0.4 is 0 Å². The molecule has 0 bridgehead atoms. The van der Waals surface area contributed by atoms with Crippen molar-refractivity contribution >= 4 is 0 Å². The van der Waals surface area contributed by atoms with Gasteiger partial charge in [0.15, 0.2) is 0 Å². The molecule has 2 aromatic rings. The number of benzene rings is 2. The molecule has 0 spiro atoms. The van der Waals surface area contributed by atoms with Gasteiger partial charge in [-0.1, -0.05) is 64.8 Å². The molecule has 152 valence electrons. The van der Waals surface area contributed by atoms with Crippen molar-refractivity contribution in [1.82, 2.24) is 0 Å². The minimum atomic E-state index is -0.153. The van der Waals surface area contributed by atoms with E-state index in [1.54, 1.807) is 12.1 Å². The molecule has 2 N–H and O–H groups in total. The Labute approximate surface area is 170 Å². The SMILES string of the molecule is Cc1cc(C(C)(CCC2C(C)CCCC2(C)C)c2ccc(O)cc2)ccc1O. The first kappa shape index (κ1) is 20.8. The quantitative estimate of drug-likeness (QED) is 0.589. The molecule has 1 fully saturated rings. The Balaban J connectivity index is 1.96. The Hall–Kier alpha value is -1.96. The predicted octanol–water partition coefficient (Wildman–Crippen LogP) is 6.95. The minimum absolute atomic E-state index is 0.153. The van der Waals surface area contributed by atoms with Gasteiger partial charge in [0.25, 0.3) is 0 Å². The van der Waals surface area contributed by atoms with Crippen LogP contribution in [0.25, 0.3) is 0 Å². The lowest BCUT2D eigenvalue weighted by molar-refractivity contribution is 0.0707. The lowest BCUT2D eigenvalue weighted by atomic mass is 9.60. The summed E-state index contributed by atoms with van der Waals surface area (Å²) in [5.41, 5.74) is 3.60. The van der Waals surface area contributed by atoms with Gasteiger partial charge in [0.2, 0.25) is 0 Å². The van der Waals surface area contributed by atoms with Crippen LogP contribution in [0.5, 0.6) is 11.5 Å². The van der Waals surface area contributed by atoms with Gasteiger partial charge in [0.1, 0.15) is 11.5 Å². The highest BCUT2D eigenvalue weighted by atomic mass is 16.3. The molecule has 0 radical (unpaired) electrons. The van der Waals surface area contributed by atoms with E-state index >= 15 is 0 Å². The van der Waals surface area contributed by atoms with E-state index in [0.29, 0.717) is 16.9 Å². The number of aromatic hydroxyl groups is 2. The molecule has 0 heterocycles. The molecule has 0 saturated heterocycles. The third kappa shape index (κ3) is 4.06. The van der Waals surface area contributed by atoms with Gasteiger partial charge >= 0.3 is 0 Å². The van der Waals surface area contributed by atoms with Crippen molar-refractivity contribution in [3.05, 3.63) is 59.2 Å². The largest absolute Gasteiger partial charge is 0.508 e. The van der Waals surface area contributed by atoms with Gasteiger partial charge in [0.05, 0.1) is 0 Å². The highest BCUT2D eigenvalue weighted by Gasteiger charge is 2.39. The number of phenolic OH excluding ortho intramolecular Hbond substituents is 2. The van der Waals surface area contributed by atoms with E-state index in [2.05, 4.69) is 39.8 Å². The standard InChI is InChI=1S/C26H36O2/c1-18-7-6-15-25(3,4)23(18)14-16-26(5,20-8-11-22(27)12-9-20)21-10-13-24(28)19(2)17-21/h8-13,17-18,23,27-28H,6-7,14-16H2,1-5H3. The second kappa shape index (κ2) is 7.81. The lowest BCUT2D eigenvalue weighted by Crippen LogP contribution is -2.35. The van der Waals surface area contributed by atoms with E-state index in [1.165, 1.54) is 36.8 Å². The molecule has 3 rings (SSSR count). The van der Waals surface area contributed by atoms with E-state index in [0.717, 1.165) is 23.8 Å². The van der Waals surface area contributed by atoms with Crippen molar-refractivity contribution < 1.29 is 10.2 Å². The van der Waals surface area contributed by atoms with E-state index in [9.17, 15) is 10.2 Å². The van der Waals surface area contributed by atoms with Gasteiger partial charge in [-0.05, 0) is 78.3 Å². The smallest absolute Gasteiger partial charge is 0.118 e. The average molecular weight is 381 g/mol. The fourth-order valence-corrected chi connectivity index (χ4v) is 5.44. The molecular formula is C26H36O2. The van der Waals surface area contributed by atoms with Crippen molar-refractivity contribution in [2.75, 3.05) is 0 Å². The summed E-state index contributed by atoms with van der Waals surface area (Å²) in [6.45, 7) is 11.6. The van der Waals surface area contributed by atoms with Crippen LogP contribution in [0, 0.1) is 24.2 Å². The van der Waals surface area contributed by atoms with Crippen molar-refractivity contribution in [2.45, 2.75) is 72.1 Å². The lowest BCUT2D eigenvalue weighted by Gasteiger charge is -2.45. The molecule has 0 amide bonds. The zero-order valence-electron chi connectivity index (χ0n) is 18.1. The Bertz CT molecular complexity index is 806. The van der Waals surface area contributed by atoms with E-state index < -0.39 is 0 Å². The third-order valence-electron chi connectivity index (χ3n) is 7.46. The molecule has 3 unspecified atom stereocenters. The zero-order chi connectivity index (χ0) is 20.5. The van der Waals surface area contributed by atoms with Crippen molar-refractivity contribution in [2.24, 2.45) is 17.3 Å². The molecule has 2 aromatic carbocycles. The van der Waals surface area contributed by atoms with Crippen molar-refractivity contribution in [3.8, 4) is 11.5 Å². The Morgan fingerprint density at radius 3 is 2.29 bits per heavy atom. The predicted molar refractivity (Wildman–Crippen MR) is 117 cm³/mol. The van der Waals surface area contributed by atoms with Crippen molar-refractivity contribution in [3.63, 3.8) is 0 Å². The first-order chi connectivity index (χ1) is 13.1. The van der Waals surface area contributed by atoms with E-state index in [4.69, 9.17) is 0 Å². The normalized spacial score (nSPS) is 23.9. The van der Waals surface area contributed by atoms with Gasteiger partial charge in [-0.3, -0.25) is 0 Å². The van der Waals surface area contributed by atoms with Crippen LogP contribution in [0.2, 0.25) is 0 Å². The number of phenols is 2. The fraction of sp³-hybridized carbons (Fsp3) is 0.538.